The third-order valence-corrected chi connectivity index (χ3v) is 2.67. The van der Waals surface area contributed by atoms with Gasteiger partial charge in [-0.3, -0.25) is 5.01 Å². The van der Waals surface area contributed by atoms with E-state index < -0.39 is 0 Å². The van der Waals surface area contributed by atoms with Crippen LogP contribution in [0.15, 0.2) is 28.3 Å². The van der Waals surface area contributed by atoms with Crippen molar-refractivity contribution >= 4 is 33.5 Å². The Hall–Kier alpha value is -1.49. The molecule has 0 bridgehead atoms. The molecule has 0 amide bonds. The van der Waals surface area contributed by atoms with E-state index in [1.54, 1.807) is 29.4 Å². The highest BCUT2D eigenvalue weighted by Crippen LogP contribution is 2.30. The Labute approximate surface area is 110 Å². The van der Waals surface area contributed by atoms with Crippen LogP contribution in [0, 0.1) is 0 Å². The number of hydrogen-bond donors (Lipinski definition) is 1. The molecule has 0 aromatic heterocycles. The highest BCUT2D eigenvalue weighted by Gasteiger charge is 2.12. The monoisotopic (exact) mass is 297 g/mol. The second-order valence-electron chi connectivity index (χ2n) is 3.35. The normalized spacial score (nSPS) is 11.9. The highest BCUT2D eigenvalue weighted by molar-refractivity contribution is 9.11. The predicted molar refractivity (Wildman–Crippen MR) is 76.2 cm³/mol. The first kappa shape index (κ1) is 13.6. The highest BCUT2D eigenvalue weighted by atomic mass is 79.9. The van der Waals surface area contributed by atoms with Crippen molar-refractivity contribution in [1.29, 1.82) is 0 Å². The van der Waals surface area contributed by atoms with Crippen molar-refractivity contribution in [2.24, 2.45) is 5.10 Å². The summed E-state index contributed by atoms with van der Waals surface area (Å²) in [6, 6.07) is 5.50. The molecule has 1 aromatic rings. The Morgan fingerprint density at radius 2 is 2.24 bits per heavy atom. The maximum absolute atomic E-state index is 5.79. The molecule has 5 heteroatoms. The van der Waals surface area contributed by atoms with Gasteiger partial charge in [-0.25, -0.2) is 0 Å². The van der Waals surface area contributed by atoms with Crippen molar-refractivity contribution in [1.82, 2.24) is 5.01 Å². The van der Waals surface area contributed by atoms with Gasteiger partial charge in [0.05, 0.1) is 12.8 Å². The average Bonchev–Trinajstić information content (AvgIpc) is 2.31. The summed E-state index contributed by atoms with van der Waals surface area (Å²) in [5, 5.41) is 5.93. The molecule has 17 heavy (non-hydrogen) atoms. The lowest BCUT2D eigenvalue weighted by Crippen LogP contribution is -2.10. The summed E-state index contributed by atoms with van der Waals surface area (Å²) in [6.07, 6.45) is 1.72. The van der Waals surface area contributed by atoms with Crippen LogP contribution < -0.4 is 10.5 Å². The first-order valence-corrected chi connectivity index (χ1v) is 6.02. The zero-order valence-corrected chi connectivity index (χ0v) is 11.7. The van der Waals surface area contributed by atoms with E-state index in [1.165, 1.54) is 0 Å². The van der Waals surface area contributed by atoms with Crippen LogP contribution in [0.3, 0.4) is 0 Å². The van der Waals surface area contributed by atoms with Crippen LogP contribution in [0.4, 0.5) is 5.69 Å². The summed E-state index contributed by atoms with van der Waals surface area (Å²) in [5.74, 6) is 0.753. The molecule has 0 saturated heterocycles. The van der Waals surface area contributed by atoms with Crippen LogP contribution in [0.1, 0.15) is 12.5 Å². The molecular formula is C12H16BrN3O. The van der Waals surface area contributed by atoms with Gasteiger partial charge in [-0.2, -0.15) is 5.10 Å². The molecule has 0 aliphatic rings. The van der Waals surface area contributed by atoms with Crippen LogP contribution >= 0.6 is 15.9 Å². The van der Waals surface area contributed by atoms with Crippen LogP contribution in [0.25, 0.3) is 5.70 Å². The lowest BCUT2D eigenvalue weighted by molar-refractivity contribution is 0.410. The molecular weight excluding hydrogens is 282 g/mol. The largest absolute Gasteiger partial charge is 0.496 e. The van der Waals surface area contributed by atoms with Gasteiger partial charge in [0.2, 0.25) is 0 Å². The first-order valence-electron chi connectivity index (χ1n) is 5.10. The SMILES string of the molecule is C/C=N\N(C)/C(=C/Br)c1cc(N)ccc1OC. The van der Waals surface area contributed by atoms with Crippen molar-refractivity contribution in [2.45, 2.75) is 6.92 Å². The Kier molecular flexibility index (Phi) is 5.03. The van der Waals surface area contributed by atoms with Gasteiger partial charge in [-0.05, 0) is 25.1 Å². The van der Waals surface area contributed by atoms with E-state index in [0.717, 1.165) is 17.0 Å². The topological polar surface area (TPSA) is 50.8 Å². The molecule has 0 radical (unpaired) electrons. The molecule has 2 N–H and O–H groups in total. The summed E-state index contributed by atoms with van der Waals surface area (Å²) < 4.78 is 5.32. The molecule has 0 aliphatic heterocycles. The smallest absolute Gasteiger partial charge is 0.128 e. The Balaban J connectivity index is 3.24. The number of halogens is 1. The predicted octanol–water partition coefficient (Wildman–Crippen LogP) is 2.91. The number of ether oxygens (including phenoxy) is 1. The van der Waals surface area contributed by atoms with Crippen LogP contribution in [-0.4, -0.2) is 25.4 Å². The molecule has 0 saturated carbocycles. The van der Waals surface area contributed by atoms with E-state index >= 15 is 0 Å². The molecule has 1 rings (SSSR count). The summed E-state index contributed by atoms with van der Waals surface area (Å²) in [4.78, 5) is 1.79. The number of hydrogen-bond acceptors (Lipinski definition) is 4. The van der Waals surface area contributed by atoms with Crippen molar-refractivity contribution in [3.05, 3.63) is 28.7 Å². The van der Waals surface area contributed by atoms with Crippen molar-refractivity contribution in [2.75, 3.05) is 19.9 Å². The second-order valence-corrected chi connectivity index (χ2v) is 3.81. The maximum atomic E-state index is 5.79. The summed E-state index contributed by atoms with van der Waals surface area (Å²) in [6.45, 7) is 1.86. The van der Waals surface area contributed by atoms with Gasteiger partial charge in [-0.15, -0.1) is 0 Å². The van der Waals surface area contributed by atoms with Crippen molar-refractivity contribution in [3.63, 3.8) is 0 Å². The van der Waals surface area contributed by atoms with Crippen molar-refractivity contribution in [3.8, 4) is 5.75 Å². The van der Waals surface area contributed by atoms with Gasteiger partial charge in [0.15, 0.2) is 0 Å². The van der Waals surface area contributed by atoms with Gasteiger partial charge in [-0.1, -0.05) is 15.9 Å². The molecule has 0 aliphatic carbocycles. The third kappa shape index (κ3) is 3.23. The first-order chi connectivity index (χ1) is 8.13. The third-order valence-electron chi connectivity index (χ3n) is 2.24. The fourth-order valence-corrected chi connectivity index (χ4v) is 2.01. The standard InChI is InChI=1S/C12H16BrN3O/c1-4-15-16(2)11(8-13)10-7-9(14)5-6-12(10)17-3/h4-8H,14H2,1-3H3/b11-8+,15-4-. The molecule has 0 unspecified atom stereocenters. The Morgan fingerprint density at radius 3 is 2.76 bits per heavy atom. The van der Waals surface area contributed by atoms with E-state index in [2.05, 4.69) is 21.0 Å². The molecule has 0 heterocycles. The molecule has 0 fully saturated rings. The minimum absolute atomic E-state index is 0.682. The van der Waals surface area contributed by atoms with Crippen LogP contribution in [-0.2, 0) is 0 Å². The van der Waals surface area contributed by atoms with E-state index in [9.17, 15) is 0 Å². The molecule has 0 spiro atoms. The molecule has 4 nitrogen and oxygen atoms in total. The minimum Gasteiger partial charge on any atom is -0.496 e. The maximum Gasteiger partial charge on any atom is 0.128 e. The van der Waals surface area contributed by atoms with E-state index in [-0.39, 0.29) is 0 Å². The number of nitrogen functional groups attached to an aromatic ring is 1. The Morgan fingerprint density at radius 1 is 1.53 bits per heavy atom. The zero-order valence-electron chi connectivity index (χ0n) is 10.1. The van der Waals surface area contributed by atoms with Gasteiger partial charge in [0, 0.05) is 29.5 Å². The summed E-state index contributed by atoms with van der Waals surface area (Å²) >= 11 is 3.34. The number of nitrogens with zero attached hydrogens (tertiary/aromatic N) is 2. The van der Waals surface area contributed by atoms with E-state index in [4.69, 9.17) is 10.5 Å². The molecule has 92 valence electrons. The fourth-order valence-electron chi connectivity index (χ4n) is 1.46. The molecule has 1 aromatic carbocycles. The number of rotatable bonds is 4. The second kappa shape index (κ2) is 6.30. The quantitative estimate of drug-likeness (QED) is 0.528. The Bertz CT molecular complexity index is 443. The average molecular weight is 298 g/mol. The van der Waals surface area contributed by atoms with E-state index in [1.807, 2.05) is 26.1 Å². The van der Waals surface area contributed by atoms with Gasteiger partial charge >= 0.3 is 0 Å². The number of nitrogens with two attached hydrogens (primary N) is 1. The van der Waals surface area contributed by atoms with Crippen LogP contribution in [0.5, 0.6) is 5.75 Å². The summed E-state index contributed by atoms with van der Waals surface area (Å²) in [5.41, 5.74) is 8.23. The molecule has 0 atom stereocenters. The van der Waals surface area contributed by atoms with Crippen molar-refractivity contribution < 1.29 is 4.74 Å². The number of anilines is 1. The lowest BCUT2D eigenvalue weighted by Gasteiger charge is -2.19. The van der Waals surface area contributed by atoms with Crippen LogP contribution in [0.2, 0.25) is 0 Å². The zero-order chi connectivity index (χ0) is 12.8. The number of benzene rings is 1. The number of methoxy groups -OCH3 is 1. The van der Waals surface area contributed by atoms with Gasteiger partial charge < -0.3 is 10.5 Å². The fraction of sp³-hybridized carbons (Fsp3) is 0.250. The summed E-state index contributed by atoms with van der Waals surface area (Å²) in [7, 11) is 3.49. The minimum atomic E-state index is 0.682. The van der Waals surface area contributed by atoms with Gasteiger partial charge in [0.1, 0.15) is 5.75 Å². The lowest BCUT2D eigenvalue weighted by atomic mass is 10.1. The van der Waals surface area contributed by atoms with E-state index in [0.29, 0.717) is 5.69 Å². The number of hydrazone groups is 1. The van der Waals surface area contributed by atoms with Gasteiger partial charge in [0.25, 0.3) is 0 Å².